The zero-order valence-corrected chi connectivity index (χ0v) is 17.8. The monoisotopic (exact) mass is 417 g/mol. The number of benzene rings is 1. The van der Waals surface area contributed by atoms with Gasteiger partial charge in [-0.25, -0.2) is 4.98 Å². The third-order valence-corrected chi connectivity index (χ3v) is 5.80. The van der Waals surface area contributed by atoms with Crippen LogP contribution in [0.1, 0.15) is 16.9 Å². The van der Waals surface area contributed by atoms with Crippen molar-refractivity contribution in [2.75, 3.05) is 26.6 Å². The number of carbonyl (C=O) groups excluding carboxylic acids is 1. The number of hydrogen-bond acceptors (Lipinski definition) is 7. The number of thiophene rings is 1. The van der Waals surface area contributed by atoms with Crippen LogP contribution in [0.2, 0.25) is 0 Å². The average molecular weight is 417 g/mol. The Balaban J connectivity index is 1.75. The van der Waals surface area contributed by atoms with E-state index in [1.54, 1.807) is 12.1 Å². The molecule has 1 aromatic carbocycles. The van der Waals surface area contributed by atoms with E-state index in [0.717, 1.165) is 15.3 Å². The minimum absolute atomic E-state index is 0.117. The van der Waals surface area contributed by atoms with Crippen LogP contribution >= 0.6 is 11.3 Å². The number of carbonyl (C=O) groups is 1. The summed E-state index contributed by atoms with van der Waals surface area (Å²) in [5.74, 6) is 1.08. The highest BCUT2D eigenvalue weighted by Crippen LogP contribution is 2.39. The molecule has 3 aromatic rings. The fourth-order valence-electron chi connectivity index (χ4n) is 3.03. The molecule has 2 heterocycles. The summed E-state index contributed by atoms with van der Waals surface area (Å²) in [5.41, 5.74) is 1.32. The van der Waals surface area contributed by atoms with E-state index in [1.165, 1.54) is 43.6 Å². The highest BCUT2D eigenvalue weighted by molar-refractivity contribution is 7.18. The molecule has 0 saturated carbocycles. The maximum absolute atomic E-state index is 12.7. The lowest BCUT2D eigenvalue weighted by atomic mass is 10.2. The minimum atomic E-state index is -0.246. The highest BCUT2D eigenvalue weighted by Gasteiger charge is 2.16. The molecule has 0 bridgehead atoms. The predicted octanol–water partition coefficient (Wildman–Crippen LogP) is 3.13. The average Bonchev–Trinajstić information content (AvgIpc) is 3.01. The zero-order valence-electron chi connectivity index (χ0n) is 17.0. The van der Waals surface area contributed by atoms with Crippen LogP contribution in [0.4, 0.5) is 5.69 Å². The van der Waals surface area contributed by atoms with Gasteiger partial charge in [0.05, 0.1) is 33.0 Å². The van der Waals surface area contributed by atoms with Gasteiger partial charge in [-0.15, -0.1) is 11.3 Å². The summed E-state index contributed by atoms with van der Waals surface area (Å²) in [4.78, 5) is 31.3. The summed E-state index contributed by atoms with van der Waals surface area (Å²) in [5, 5.41) is 3.42. The lowest BCUT2D eigenvalue weighted by Crippen LogP contribution is -2.23. The summed E-state index contributed by atoms with van der Waals surface area (Å²) in [6, 6.07) is 3.30. The van der Waals surface area contributed by atoms with Crippen LogP contribution in [0.5, 0.6) is 17.2 Å². The molecule has 0 radical (unpaired) electrons. The van der Waals surface area contributed by atoms with Crippen LogP contribution in [0.3, 0.4) is 0 Å². The molecule has 3 rings (SSSR count). The van der Waals surface area contributed by atoms with Crippen LogP contribution in [-0.4, -0.2) is 36.8 Å². The second kappa shape index (κ2) is 8.52. The van der Waals surface area contributed by atoms with Crippen molar-refractivity contribution in [3.05, 3.63) is 39.3 Å². The Kier molecular flexibility index (Phi) is 6.07. The molecule has 0 aliphatic heterocycles. The SMILES string of the molecule is COc1cc(NC(=O)CCn2cnc3sc(C)c(C)c3c2=O)cc(OC)c1OC. The van der Waals surface area contributed by atoms with Gasteiger partial charge in [0.15, 0.2) is 11.5 Å². The molecule has 0 saturated heterocycles. The van der Waals surface area contributed by atoms with E-state index in [-0.39, 0.29) is 24.4 Å². The van der Waals surface area contributed by atoms with Crippen molar-refractivity contribution in [3.63, 3.8) is 0 Å². The smallest absolute Gasteiger partial charge is 0.262 e. The Bertz CT molecular complexity index is 1090. The van der Waals surface area contributed by atoms with Gasteiger partial charge in [-0.3, -0.25) is 14.2 Å². The number of rotatable bonds is 7. The molecular weight excluding hydrogens is 394 g/mol. The van der Waals surface area contributed by atoms with Crippen molar-refractivity contribution in [1.29, 1.82) is 0 Å². The highest BCUT2D eigenvalue weighted by atomic mass is 32.1. The Hall–Kier alpha value is -3.07. The van der Waals surface area contributed by atoms with Gasteiger partial charge in [-0.2, -0.15) is 0 Å². The topological polar surface area (TPSA) is 91.7 Å². The van der Waals surface area contributed by atoms with Gasteiger partial charge in [-0.05, 0) is 19.4 Å². The van der Waals surface area contributed by atoms with Gasteiger partial charge in [0.2, 0.25) is 11.7 Å². The third kappa shape index (κ3) is 4.04. The van der Waals surface area contributed by atoms with Crippen molar-refractivity contribution < 1.29 is 19.0 Å². The van der Waals surface area contributed by atoms with Crippen LogP contribution in [0.15, 0.2) is 23.3 Å². The third-order valence-electron chi connectivity index (χ3n) is 4.68. The molecule has 29 heavy (non-hydrogen) atoms. The fourth-order valence-corrected chi connectivity index (χ4v) is 4.02. The second-order valence-corrected chi connectivity index (χ2v) is 7.62. The molecule has 8 nitrogen and oxygen atoms in total. The van der Waals surface area contributed by atoms with Gasteiger partial charge < -0.3 is 19.5 Å². The molecule has 0 spiro atoms. The predicted molar refractivity (Wildman–Crippen MR) is 113 cm³/mol. The largest absolute Gasteiger partial charge is 0.493 e. The summed E-state index contributed by atoms with van der Waals surface area (Å²) in [7, 11) is 4.52. The van der Waals surface area contributed by atoms with Gasteiger partial charge in [0.1, 0.15) is 4.83 Å². The minimum Gasteiger partial charge on any atom is -0.493 e. The first-order valence-corrected chi connectivity index (χ1v) is 9.76. The summed E-state index contributed by atoms with van der Waals surface area (Å²) >= 11 is 1.50. The molecule has 0 unspecified atom stereocenters. The molecule has 0 atom stereocenters. The summed E-state index contributed by atoms with van der Waals surface area (Å²) < 4.78 is 17.3. The number of aryl methyl sites for hydroxylation is 3. The van der Waals surface area contributed by atoms with E-state index in [2.05, 4.69) is 10.3 Å². The maximum Gasteiger partial charge on any atom is 0.262 e. The second-order valence-electron chi connectivity index (χ2n) is 6.42. The number of anilines is 1. The Morgan fingerprint density at radius 2 is 1.79 bits per heavy atom. The Morgan fingerprint density at radius 1 is 1.14 bits per heavy atom. The molecule has 9 heteroatoms. The van der Waals surface area contributed by atoms with Crippen LogP contribution < -0.4 is 25.1 Å². The summed E-state index contributed by atoms with van der Waals surface area (Å²) in [6.45, 7) is 4.11. The number of aromatic nitrogens is 2. The normalized spacial score (nSPS) is 10.8. The van der Waals surface area contributed by atoms with Crippen molar-refractivity contribution in [1.82, 2.24) is 9.55 Å². The zero-order chi connectivity index (χ0) is 21.1. The van der Waals surface area contributed by atoms with Crippen molar-refractivity contribution >= 4 is 33.1 Å². The quantitative estimate of drug-likeness (QED) is 0.635. The molecule has 0 aliphatic carbocycles. The lowest BCUT2D eigenvalue weighted by Gasteiger charge is -2.14. The number of hydrogen-bond donors (Lipinski definition) is 1. The standard InChI is InChI=1S/C20H23N3O5S/c1-11-12(2)29-19-17(11)20(25)23(10-21-19)7-6-16(24)22-13-8-14(26-3)18(28-5)15(9-13)27-4/h8-10H,6-7H2,1-5H3,(H,22,24). The Morgan fingerprint density at radius 3 is 2.38 bits per heavy atom. The molecule has 154 valence electrons. The van der Waals surface area contributed by atoms with Crippen molar-refractivity contribution in [2.45, 2.75) is 26.8 Å². The van der Waals surface area contributed by atoms with E-state index >= 15 is 0 Å². The van der Waals surface area contributed by atoms with Gasteiger partial charge >= 0.3 is 0 Å². The molecule has 0 aliphatic rings. The summed E-state index contributed by atoms with van der Waals surface area (Å²) in [6.07, 6.45) is 1.61. The van der Waals surface area contributed by atoms with Crippen molar-refractivity contribution in [2.24, 2.45) is 0 Å². The molecule has 1 N–H and O–H groups in total. The number of fused-ring (bicyclic) bond motifs is 1. The van der Waals surface area contributed by atoms with Gasteiger partial charge in [-0.1, -0.05) is 0 Å². The van der Waals surface area contributed by atoms with E-state index in [4.69, 9.17) is 14.2 Å². The van der Waals surface area contributed by atoms with E-state index in [9.17, 15) is 9.59 Å². The molecular formula is C20H23N3O5S. The van der Waals surface area contributed by atoms with Crippen LogP contribution in [-0.2, 0) is 11.3 Å². The van der Waals surface area contributed by atoms with E-state index in [1.807, 2.05) is 13.8 Å². The number of nitrogens with zero attached hydrogens (tertiary/aromatic N) is 2. The first-order valence-electron chi connectivity index (χ1n) is 8.94. The van der Waals surface area contributed by atoms with Crippen LogP contribution in [0, 0.1) is 13.8 Å². The number of methoxy groups -OCH3 is 3. The molecule has 0 fully saturated rings. The first kappa shape index (κ1) is 20.7. The van der Waals surface area contributed by atoms with Gasteiger partial charge in [0, 0.05) is 35.7 Å². The molecule has 2 aromatic heterocycles. The Labute approximate surface area is 172 Å². The van der Waals surface area contributed by atoms with Gasteiger partial charge in [0.25, 0.3) is 5.56 Å². The van der Waals surface area contributed by atoms with E-state index in [0.29, 0.717) is 28.3 Å². The fraction of sp³-hybridized carbons (Fsp3) is 0.350. The number of ether oxygens (including phenoxy) is 3. The number of amides is 1. The molecule has 1 amide bonds. The van der Waals surface area contributed by atoms with Crippen LogP contribution in [0.25, 0.3) is 10.2 Å². The first-order chi connectivity index (χ1) is 13.9. The lowest BCUT2D eigenvalue weighted by molar-refractivity contribution is -0.116. The van der Waals surface area contributed by atoms with Crippen molar-refractivity contribution in [3.8, 4) is 17.2 Å². The number of nitrogens with one attached hydrogen (secondary N) is 1. The van der Waals surface area contributed by atoms with E-state index < -0.39 is 0 Å². The maximum atomic E-state index is 12.7.